The highest BCUT2D eigenvalue weighted by Crippen LogP contribution is 2.38. The molecule has 1 atom stereocenters. The second-order valence-electron chi connectivity index (χ2n) is 8.49. The molecule has 1 heterocycles. The molecule has 0 spiro atoms. The van der Waals surface area contributed by atoms with Gasteiger partial charge in [0.05, 0.1) is 6.54 Å². The van der Waals surface area contributed by atoms with Crippen LogP contribution in [-0.2, 0) is 11.3 Å². The van der Waals surface area contributed by atoms with Crippen molar-refractivity contribution in [3.63, 3.8) is 0 Å². The van der Waals surface area contributed by atoms with E-state index in [0.29, 0.717) is 5.69 Å². The standard InChI is InChI=1S/C24H22BrF6N3O3/c25-17-5-7-18(8-6-17)34-12-15(9-10-35)11-33(22(34)37)13-16-3-1-2-4-19(16)20(36)32-14-23(28,29)24(30,31)21(26)27/h1-8,10,15,21H,9,11-14H2,(H,32,36). The highest BCUT2D eigenvalue weighted by Gasteiger charge is 2.62. The van der Waals surface area contributed by atoms with Crippen LogP contribution in [0.25, 0.3) is 0 Å². The minimum atomic E-state index is -5.63. The van der Waals surface area contributed by atoms with E-state index in [1.807, 2.05) is 0 Å². The monoisotopic (exact) mass is 593 g/mol. The second-order valence-corrected chi connectivity index (χ2v) is 9.40. The normalized spacial score (nSPS) is 16.8. The Morgan fingerprint density at radius 3 is 2.35 bits per heavy atom. The zero-order chi connectivity index (χ0) is 27.4. The fourth-order valence-electron chi connectivity index (χ4n) is 3.86. The summed E-state index contributed by atoms with van der Waals surface area (Å²) in [4.78, 5) is 39.9. The summed E-state index contributed by atoms with van der Waals surface area (Å²) in [5.74, 6) is -12.3. The minimum absolute atomic E-state index is 0.158. The number of hydrogen-bond donors (Lipinski definition) is 1. The topological polar surface area (TPSA) is 69.7 Å². The number of alkyl halides is 6. The first-order chi connectivity index (χ1) is 17.4. The number of nitrogens with one attached hydrogen (secondary N) is 1. The van der Waals surface area contributed by atoms with Crippen LogP contribution >= 0.6 is 15.9 Å². The molecule has 2 aromatic rings. The molecule has 1 aliphatic rings. The van der Waals surface area contributed by atoms with E-state index in [2.05, 4.69) is 15.9 Å². The molecule has 1 saturated heterocycles. The van der Waals surface area contributed by atoms with Gasteiger partial charge in [-0.25, -0.2) is 13.6 Å². The number of hydrogen-bond acceptors (Lipinski definition) is 3. The number of urea groups is 1. The van der Waals surface area contributed by atoms with Gasteiger partial charge in [0.15, 0.2) is 0 Å². The van der Waals surface area contributed by atoms with Crippen LogP contribution in [0.4, 0.5) is 36.8 Å². The third-order valence-electron chi connectivity index (χ3n) is 5.84. The van der Waals surface area contributed by atoms with Gasteiger partial charge in [0.1, 0.15) is 6.29 Å². The Morgan fingerprint density at radius 1 is 1.08 bits per heavy atom. The van der Waals surface area contributed by atoms with E-state index in [1.54, 1.807) is 29.6 Å². The summed E-state index contributed by atoms with van der Waals surface area (Å²) in [5.41, 5.74) is 0.584. The summed E-state index contributed by atoms with van der Waals surface area (Å²) in [6, 6.07) is 12.1. The van der Waals surface area contributed by atoms with Gasteiger partial charge >= 0.3 is 24.3 Å². The lowest BCUT2D eigenvalue weighted by atomic mass is 10.00. The van der Waals surface area contributed by atoms with E-state index in [4.69, 9.17) is 0 Å². The zero-order valence-corrected chi connectivity index (χ0v) is 20.7. The van der Waals surface area contributed by atoms with Gasteiger partial charge in [0.25, 0.3) is 5.91 Å². The fraction of sp³-hybridized carbons (Fsp3) is 0.375. The van der Waals surface area contributed by atoms with Crippen molar-refractivity contribution >= 4 is 39.8 Å². The van der Waals surface area contributed by atoms with Crippen molar-refractivity contribution in [2.45, 2.75) is 31.2 Å². The summed E-state index contributed by atoms with van der Waals surface area (Å²) in [6.45, 7) is -1.74. The molecule has 1 fully saturated rings. The van der Waals surface area contributed by atoms with Crippen molar-refractivity contribution in [2.75, 3.05) is 24.5 Å². The highest BCUT2D eigenvalue weighted by molar-refractivity contribution is 9.10. The van der Waals surface area contributed by atoms with Gasteiger partial charge in [-0.3, -0.25) is 9.69 Å². The largest absolute Gasteiger partial charge is 0.371 e. The molecule has 2 aromatic carbocycles. The van der Waals surface area contributed by atoms with Gasteiger partial charge < -0.3 is 15.0 Å². The summed E-state index contributed by atoms with van der Waals surface area (Å²) >= 11 is 3.32. The molecule has 13 heteroatoms. The Labute approximate surface area is 216 Å². The number of aldehydes is 1. The third-order valence-corrected chi connectivity index (χ3v) is 6.37. The molecule has 37 heavy (non-hydrogen) atoms. The van der Waals surface area contributed by atoms with Crippen LogP contribution < -0.4 is 10.2 Å². The van der Waals surface area contributed by atoms with Crippen LogP contribution in [-0.4, -0.2) is 61.0 Å². The van der Waals surface area contributed by atoms with E-state index in [9.17, 15) is 40.7 Å². The van der Waals surface area contributed by atoms with Gasteiger partial charge in [-0.05, 0) is 35.9 Å². The Kier molecular flexibility index (Phi) is 8.88. The molecule has 200 valence electrons. The molecule has 6 nitrogen and oxygen atoms in total. The molecule has 3 amide bonds. The molecular formula is C24H22BrF6N3O3. The number of rotatable bonds is 10. The lowest BCUT2D eigenvalue weighted by Gasteiger charge is -2.40. The third kappa shape index (κ3) is 6.43. The average Bonchev–Trinajstić information content (AvgIpc) is 2.85. The number of benzene rings is 2. The molecule has 0 radical (unpaired) electrons. The zero-order valence-electron chi connectivity index (χ0n) is 19.2. The summed E-state index contributed by atoms with van der Waals surface area (Å²) in [6.07, 6.45) is -3.73. The van der Waals surface area contributed by atoms with Gasteiger partial charge in [-0.2, -0.15) is 17.6 Å². The Bertz CT molecular complexity index is 1130. The number of halogens is 7. The van der Waals surface area contributed by atoms with Crippen LogP contribution in [0, 0.1) is 5.92 Å². The number of anilines is 1. The van der Waals surface area contributed by atoms with Crippen LogP contribution in [0.15, 0.2) is 53.0 Å². The molecular weight excluding hydrogens is 572 g/mol. The number of carbonyl (C=O) groups is 3. The highest BCUT2D eigenvalue weighted by atomic mass is 79.9. The summed E-state index contributed by atoms with van der Waals surface area (Å²) < 4.78 is 79.2. The van der Waals surface area contributed by atoms with E-state index in [-0.39, 0.29) is 43.1 Å². The number of carbonyl (C=O) groups excluding carboxylic acids is 3. The smallest absolute Gasteiger partial charge is 0.346 e. The molecule has 0 aromatic heterocycles. The van der Waals surface area contributed by atoms with Crippen molar-refractivity contribution in [3.8, 4) is 0 Å². The van der Waals surface area contributed by atoms with Crippen molar-refractivity contribution in [3.05, 3.63) is 64.1 Å². The Morgan fingerprint density at radius 2 is 1.73 bits per heavy atom. The summed E-state index contributed by atoms with van der Waals surface area (Å²) in [5, 5.41) is 1.59. The lowest BCUT2D eigenvalue weighted by molar-refractivity contribution is -0.260. The second kappa shape index (κ2) is 11.5. The lowest BCUT2D eigenvalue weighted by Crippen LogP contribution is -2.54. The molecule has 0 bridgehead atoms. The molecule has 0 aliphatic carbocycles. The maximum Gasteiger partial charge on any atom is 0.371 e. The van der Waals surface area contributed by atoms with Crippen LogP contribution in [0.1, 0.15) is 22.3 Å². The Hall–Kier alpha value is -3.09. The van der Waals surface area contributed by atoms with Gasteiger partial charge in [-0.1, -0.05) is 34.1 Å². The van der Waals surface area contributed by atoms with Crippen LogP contribution in [0.5, 0.6) is 0 Å². The molecule has 1 unspecified atom stereocenters. The number of nitrogens with zero attached hydrogens (tertiary/aromatic N) is 2. The SMILES string of the molecule is O=CCC1CN(Cc2ccccc2C(=O)NCC(F)(F)C(F)(F)C(F)F)C(=O)N(c2ccc(Br)cc2)C1. The van der Waals surface area contributed by atoms with Crippen molar-refractivity contribution in [1.29, 1.82) is 0 Å². The molecule has 1 aliphatic heterocycles. The molecule has 1 N–H and O–H groups in total. The van der Waals surface area contributed by atoms with Gasteiger partial charge in [-0.15, -0.1) is 0 Å². The predicted molar refractivity (Wildman–Crippen MR) is 126 cm³/mol. The number of amides is 3. The maximum atomic E-state index is 13.7. The van der Waals surface area contributed by atoms with Crippen LogP contribution in [0.2, 0.25) is 0 Å². The van der Waals surface area contributed by atoms with Crippen molar-refractivity contribution in [1.82, 2.24) is 10.2 Å². The average molecular weight is 594 g/mol. The molecule has 3 rings (SSSR count). The van der Waals surface area contributed by atoms with Crippen LogP contribution in [0.3, 0.4) is 0 Å². The Balaban J connectivity index is 1.81. The minimum Gasteiger partial charge on any atom is -0.346 e. The van der Waals surface area contributed by atoms with E-state index in [1.165, 1.54) is 34.1 Å². The first-order valence-corrected chi connectivity index (χ1v) is 11.8. The van der Waals surface area contributed by atoms with E-state index >= 15 is 0 Å². The summed E-state index contributed by atoms with van der Waals surface area (Å²) in [7, 11) is 0. The first kappa shape index (κ1) is 28.5. The van der Waals surface area contributed by atoms with Crippen molar-refractivity contribution < 1.29 is 40.7 Å². The van der Waals surface area contributed by atoms with E-state index in [0.717, 1.165) is 10.8 Å². The fourth-order valence-corrected chi connectivity index (χ4v) is 4.12. The van der Waals surface area contributed by atoms with Crippen molar-refractivity contribution in [2.24, 2.45) is 5.92 Å². The molecule has 0 saturated carbocycles. The quantitative estimate of drug-likeness (QED) is 0.298. The first-order valence-electron chi connectivity index (χ1n) is 11.0. The maximum absolute atomic E-state index is 13.7. The predicted octanol–water partition coefficient (Wildman–Crippen LogP) is 5.36. The van der Waals surface area contributed by atoms with Gasteiger partial charge in [0, 0.05) is 47.7 Å². The van der Waals surface area contributed by atoms with E-state index < -0.39 is 36.8 Å². The van der Waals surface area contributed by atoms with Gasteiger partial charge in [0.2, 0.25) is 0 Å².